The van der Waals surface area contributed by atoms with Crippen LogP contribution >= 0.6 is 0 Å². The van der Waals surface area contributed by atoms with Crippen molar-refractivity contribution in [1.29, 1.82) is 0 Å². The first kappa shape index (κ1) is 16.5. The highest BCUT2D eigenvalue weighted by atomic mass is 32.2. The summed E-state index contributed by atoms with van der Waals surface area (Å²) in [7, 11) is -2.87. The molecule has 0 unspecified atom stereocenters. The van der Waals surface area contributed by atoms with Gasteiger partial charge in [0.05, 0.1) is 11.5 Å². The fraction of sp³-hybridized carbons (Fsp3) is 0.611. The van der Waals surface area contributed by atoms with Crippen molar-refractivity contribution in [2.75, 3.05) is 11.5 Å². The summed E-state index contributed by atoms with van der Waals surface area (Å²) in [6.45, 7) is 6.79. The molecule has 3 rings (SSSR count). The molecule has 2 aliphatic rings. The number of benzene rings is 1. The van der Waals surface area contributed by atoms with Crippen LogP contribution in [-0.4, -0.2) is 25.8 Å². The zero-order valence-electron chi connectivity index (χ0n) is 14.1. The molecule has 1 atom stereocenters. The molecule has 1 spiro atoms. The van der Waals surface area contributed by atoms with Gasteiger partial charge in [-0.1, -0.05) is 17.7 Å². The Morgan fingerprint density at radius 1 is 1.17 bits per heavy atom. The number of nitrogens with one attached hydrogen (secondary N) is 1. The molecule has 1 aliphatic heterocycles. The van der Waals surface area contributed by atoms with Crippen LogP contribution < -0.4 is 5.32 Å². The Morgan fingerprint density at radius 2 is 1.74 bits per heavy atom. The number of hydrogen-bond acceptors (Lipinski definition) is 3. The number of carbonyl (C=O) groups is 1. The first-order valence-electron chi connectivity index (χ1n) is 8.27. The van der Waals surface area contributed by atoms with Gasteiger partial charge in [-0.25, -0.2) is 8.42 Å². The molecule has 4 nitrogen and oxygen atoms in total. The maximum absolute atomic E-state index is 12.4. The van der Waals surface area contributed by atoms with Gasteiger partial charge in [0.15, 0.2) is 0 Å². The van der Waals surface area contributed by atoms with Crippen LogP contribution in [0.2, 0.25) is 0 Å². The molecular formula is C18H25NO3S. The molecule has 1 amide bonds. The van der Waals surface area contributed by atoms with Gasteiger partial charge in [0, 0.05) is 12.5 Å². The second-order valence-corrected chi connectivity index (χ2v) is 9.67. The third-order valence-corrected chi connectivity index (χ3v) is 7.26. The molecule has 126 valence electrons. The predicted molar refractivity (Wildman–Crippen MR) is 90.9 cm³/mol. The molecule has 1 heterocycles. The van der Waals surface area contributed by atoms with Crippen molar-refractivity contribution >= 4 is 15.7 Å². The Bertz CT molecular complexity index is 715. The minimum atomic E-state index is -2.87. The number of sulfone groups is 1. The molecule has 1 aliphatic carbocycles. The van der Waals surface area contributed by atoms with Gasteiger partial charge >= 0.3 is 0 Å². The molecule has 23 heavy (non-hydrogen) atoms. The van der Waals surface area contributed by atoms with Crippen LogP contribution in [0, 0.1) is 32.1 Å². The van der Waals surface area contributed by atoms with E-state index in [4.69, 9.17) is 0 Å². The minimum absolute atomic E-state index is 0.00376. The number of rotatable bonds is 3. The summed E-state index contributed by atoms with van der Waals surface area (Å²) < 4.78 is 23.1. The Balaban J connectivity index is 1.60. The quantitative estimate of drug-likeness (QED) is 0.923. The van der Waals surface area contributed by atoms with E-state index in [1.807, 2.05) is 0 Å². The summed E-state index contributed by atoms with van der Waals surface area (Å²) >= 11 is 0. The normalized spacial score (nSPS) is 24.4. The average Bonchev–Trinajstić information content (AvgIpc) is 3.16. The van der Waals surface area contributed by atoms with E-state index in [0.717, 1.165) is 6.42 Å². The van der Waals surface area contributed by atoms with Gasteiger partial charge in [-0.3, -0.25) is 4.79 Å². The standard InChI is InChI=1S/C18H25NO3S/c1-12-8-13(2)15(14(3)9-12)11-19-17(20)16-10-18(16)4-6-23(21,22)7-5-18/h8-9,16H,4-7,10-11H2,1-3H3,(H,19,20)/t16-/m0/s1. The maximum atomic E-state index is 12.4. The van der Waals surface area contributed by atoms with E-state index in [1.165, 1.54) is 22.3 Å². The van der Waals surface area contributed by atoms with Crippen molar-refractivity contribution in [3.8, 4) is 0 Å². The van der Waals surface area contributed by atoms with Crippen LogP contribution in [0.1, 0.15) is 41.5 Å². The van der Waals surface area contributed by atoms with Gasteiger partial charge in [0.2, 0.25) is 5.91 Å². The van der Waals surface area contributed by atoms with E-state index in [-0.39, 0.29) is 28.7 Å². The lowest BCUT2D eigenvalue weighted by molar-refractivity contribution is -0.123. The van der Waals surface area contributed by atoms with Crippen LogP contribution in [0.3, 0.4) is 0 Å². The molecule has 1 saturated heterocycles. The molecule has 1 aromatic rings. The smallest absolute Gasteiger partial charge is 0.223 e. The monoisotopic (exact) mass is 335 g/mol. The summed E-state index contributed by atoms with van der Waals surface area (Å²) in [5, 5.41) is 3.07. The summed E-state index contributed by atoms with van der Waals surface area (Å²) in [5.41, 5.74) is 4.80. The van der Waals surface area contributed by atoms with Crippen molar-refractivity contribution in [2.45, 2.75) is 46.6 Å². The molecule has 0 radical (unpaired) electrons. The van der Waals surface area contributed by atoms with Gasteiger partial charge in [0.1, 0.15) is 9.84 Å². The first-order valence-corrected chi connectivity index (χ1v) is 10.1. The largest absolute Gasteiger partial charge is 0.352 e. The molecule has 0 bridgehead atoms. The van der Waals surface area contributed by atoms with E-state index >= 15 is 0 Å². The lowest BCUT2D eigenvalue weighted by Gasteiger charge is -2.22. The van der Waals surface area contributed by atoms with Gasteiger partial charge in [-0.15, -0.1) is 0 Å². The Hall–Kier alpha value is -1.36. The average molecular weight is 335 g/mol. The van der Waals surface area contributed by atoms with Crippen molar-refractivity contribution in [2.24, 2.45) is 11.3 Å². The summed E-state index contributed by atoms with van der Waals surface area (Å²) in [5.74, 6) is 0.577. The molecule has 1 saturated carbocycles. The van der Waals surface area contributed by atoms with E-state index < -0.39 is 9.84 Å². The van der Waals surface area contributed by atoms with Gasteiger partial charge in [-0.2, -0.15) is 0 Å². The number of aryl methyl sites for hydroxylation is 3. The van der Waals surface area contributed by atoms with Crippen LogP contribution in [-0.2, 0) is 21.2 Å². The maximum Gasteiger partial charge on any atom is 0.223 e. The zero-order valence-corrected chi connectivity index (χ0v) is 14.9. The Kier molecular flexibility index (Phi) is 4.03. The van der Waals surface area contributed by atoms with Crippen molar-refractivity contribution < 1.29 is 13.2 Å². The van der Waals surface area contributed by atoms with Crippen LogP contribution in [0.5, 0.6) is 0 Å². The lowest BCUT2D eigenvalue weighted by atomic mass is 9.96. The van der Waals surface area contributed by atoms with Crippen molar-refractivity contribution in [1.82, 2.24) is 5.32 Å². The summed E-state index contributed by atoms with van der Waals surface area (Å²) in [6, 6.07) is 4.28. The number of hydrogen-bond donors (Lipinski definition) is 1. The van der Waals surface area contributed by atoms with Crippen molar-refractivity contribution in [3.63, 3.8) is 0 Å². The number of carbonyl (C=O) groups excluding carboxylic acids is 1. The highest BCUT2D eigenvalue weighted by molar-refractivity contribution is 7.91. The lowest BCUT2D eigenvalue weighted by Crippen LogP contribution is -2.31. The molecule has 2 fully saturated rings. The van der Waals surface area contributed by atoms with Gasteiger partial charge in [-0.05, 0) is 62.1 Å². The third kappa shape index (κ3) is 3.30. The fourth-order valence-electron chi connectivity index (χ4n) is 4.00. The van der Waals surface area contributed by atoms with Gasteiger partial charge < -0.3 is 5.32 Å². The second kappa shape index (κ2) is 5.62. The summed E-state index contributed by atoms with van der Waals surface area (Å²) in [6.07, 6.45) is 2.15. The molecule has 1 N–H and O–H groups in total. The fourth-order valence-corrected chi connectivity index (χ4v) is 5.64. The van der Waals surface area contributed by atoms with Crippen molar-refractivity contribution in [3.05, 3.63) is 34.4 Å². The molecular weight excluding hydrogens is 310 g/mol. The highest BCUT2D eigenvalue weighted by Crippen LogP contribution is 2.59. The Labute approximate surface area is 138 Å². The van der Waals surface area contributed by atoms with Gasteiger partial charge in [0.25, 0.3) is 0 Å². The summed E-state index contributed by atoms with van der Waals surface area (Å²) in [4.78, 5) is 12.4. The van der Waals surface area contributed by atoms with E-state index in [0.29, 0.717) is 19.4 Å². The molecule has 5 heteroatoms. The van der Waals surface area contributed by atoms with E-state index in [1.54, 1.807) is 0 Å². The zero-order chi connectivity index (χ0) is 16.8. The number of amides is 1. The second-order valence-electron chi connectivity index (χ2n) is 7.37. The first-order chi connectivity index (χ1) is 10.7. The molecule has 0 aromatic heterocycles. The highest BCUT2D eigenvalue weighted by Gasteiger charge is 2.59. The van der Waals surface area contributed by atoms with Crippen LogP contribution in [0.4, 0.5) is 0 Å². The van der Waals surface area contributed by atoms with E-state index in [2.05, 4.69) is 38.2 Å². The minimum Gasteiger partial charge on any atom is -0.352 e. The topological polar surface area (TPSA) is 63.2 Å². The third-order valence-electron chi connectivity index (χ3n) is 5.61. The SMILES string of the molecule is Cc1cc(C)c(CNC(=O)[C@@H]2CC23CCS(=O)(=O)CC3)c(C)c1. The molecule has 1 aromatic carbocycles. The predicted octanol–water partition coefficient (Wildman–Crippen LogP) is 2.44. The van der Waals surface area contributed by atoms with Crippen LogP contribution in [0.25, 0.3) is 0 Å². The van der Waals surface area contributed by atoms with Crippen LogP contribution in [0.15, 0.2) is 12.1 Å². The van der Waals surface area contributed by atoms with E-state index in [9.17, 15) is 13.2 Å². The Morgan fingerprint density at radius 3 is 2.30 bits per heavy atom.